The summed E-state index contributed by atoms with van der Waals surface area (Å²) < 4.78 is 26.8. The normalized spacial score (nSPS) is 16.1. The Morgan fingerprint density at radius 1 is 1.28 bits per heavy atom. The number of nitrogens with zero attached hydrogens (tertiary/aromatic N) is 2. The number of thiazole rings is 1. The summed E-state index contributed by atoms with van der Waals surface area (Å²) in [5, 5.41) is 5.28. The third-order valence-corrected chi connectivity index (χ3v) is 7.82. The first-order chi connectivity index (χ1) is 13.7. The highest BCUT2D eigenvalue weighted by Gasteiger charge is 2.20. The number of hydrogen-bond donors (Lipinski definition) is 2. The average molecular weight is 437 g/mol. The van der Waals surface area contributed by atoms with Gasteiger partial charge in [-0.3, -0.25) is 15.0 Å². The maximum atomic E-state index is 12.7. The zero-order chi connectivity index (χ0) is 21.2. The first-order valence-electron chi connectivity index (χ1n) is 9.72. The van der Waals surface area contributed by atoms with Gasteiger partial charge in [-0.25, -0.2) is 18.1 Å². The Morgan fingerprint density at radius 3 is 2.62 bits per heavy atom. The van der Waals surface area contributed by atoms with Crippen LogP contribution in [0.5, 0.6) is 0 Å². The van der Waals surface area contributed by atoms with E-state index in [1.165, 1.54) is 37.3 Å². The molecular weight excluding hydrogens is 408 g/mol. The molecule has 1 amide bonds. The van der Waals surface area contributed by atoms with E-state index in [9.17, 15) is 13.2 Å². The number of anilines is 1. The van der Waals surface area contributed by atoms with Crippen LogP contribution in [0, 0.1) is 19.8 Å². The number of benzene rings is 1. The number of nitrogens with one attached hydrogen (secondary N) is 2. The van der Waals surface area contributed by atoms with Gasteiger partial charge in [-0.05, 0) is 76.0 Å². The summed E-state index contributed by atoms with van der Waals surface area (Å²) in [4.78, 5) is 19.7. The smallest absolute Gasteiger partial charge is 0.257 e. The van der Waals surface area contributed by atoms with Crippen molar-refractivity contribution in [2.24, 2.45) is 5.92 Å². The third kappa shape index (κ3) is 5.22. The molecule has 0 spiro atoms. The molecule has 7 nitrogen and oxygen atoms in total. The van der Waals surface area contributed by atoms with Gasteiger partial charge >= 0.3 is 0 Å². The minimum atomic E-state index is -3.65. The Hall–Kier alpha value is -1.81. The predicted molar refractivity (Wildman–Crippen MR) is 116 cm³/mol. The number of rotatable bonds is 6. The molecule has 1 aromatic carbocycles. The second-order valence-corrected chi connectivity index (χ2v) is 10.4. The molecule has 0 unspecified atom stereocenters. The van der Waals surface area contributed by atoms with Crippen molar-refractivity contribution in [2.75, 3.05) is 25.5 Å². The first kappa shape index (κ1) is 21.9. The molecule has 0 bridgehead atoms. The summed E-state index contributed by atoms with van der Waals surface area (Å²) in [6.07, 6.45) is 2.41. The van der Waals surface area contributed by atoms with E-state index in [-0.39, 0.29) is 10.8 Å². The zero-order valence-corrected chi connectivity index (χ0v) is 18.9. The lowest BCUT2D eigenvalue weighted by Gasteiger charge is -2.29. The van der Waals surface area contributed by atoms with Crippen LogP contribution in [0.1, 0.15) is 46.9 Å². The lowest BCUT2D eigenvalue weighted by molar-refractivity contribution is 0.102. The van der Waals surface area contributed by atoms with Gasteiger partial charge < -0.3 is 0 Å². The second kappa shape index (κ2) is 8.91. The van der Waals surface area contributed by atoms with Gasteiger partial charge in [0.25, 0.3) is 5.91 Å². The summed E-state index contributed by atoms with van der Waals surface area (Å²) in [7, 11) is -2.29. The number of amides is 1. The van der Waals surface area contributed by atoms with Gasteiger partial charge in [-0.15, -0.1) is 11.3 Å². The van der Waals surface area contributed by atoms with E-state index in [2.05, 4.69) is 26.8 Å². The van der Waals surface area contributed by atoms with Crippen LogP contribution in [0.25, 0.3) is 0 Å². The summed E-state index contributed by atoms with van der Waals surface area (Å²) >= 11 is 1.38. The van der Waals surface area contributed by atoms with E-state index in [0.717, 1.165) is 36.8 Å². The van der Waals surface area contributed by atoms with Gasteiger partial charge in [0.05, 0.1) is 10.6 Å². The number of piperidine rings is 1. The average Bonchev–Trinajstić information content (AvgIpc) is 3.12. The molecule has 2 heterocycles. The molecule has 29 heavy (non-hydrogen) atoms. The fourth-order valence-corrected chi connectivity index (χ4v) is 5.17. The highest BCUT2D eigenvalue weighted by atomic mass is 32.2. The van der Waals surface area contributed by atoms with Gasteiger partial charge in [0.1, 0.15) is 0 Å². The highest BCUT2D eigenvalue weighted by molar-refractivity contribution is 7.89. The molecule has 3 rings (SSSR count). The topological polar surface area (TPSA) is 91.4 Å². The fraction of sp³-hybridized carbons (Fsp3) is 0.500. The molecule has 1 fully saturated rings. The van der Waals surface area contributed by atoms with Crippen LogP contribution in [0.15, 0.2) is 22.4 Å². The van der Waals surface area contributed by atoms with Crippen LogP contribution in [0.3, 0.4) is 0 Å². The van der Waals surface area contributed by atoms with E-state index in [1.807, 2.05) is 5.38 Å². The summed E-state index contributed by atoms with van der Waals surface area (Å²) in [6, 6.07) is 3.11. The van der Waals surface area contributed by atoms with E-state index < -0.39 is 10.0 Å². The van der Waals surface area contributed by atoms with Crippen LogP contribution >= 0.6 is 11.3 Å². The van der Waals surface area contributed by atoms with Crippen molar-refractivity contribution in [1.29, 1.82) is 0 Å². The summed E-state index contributed by atoms with van der Waals surface area (Å²) in [6.45, 7) is 8.75. The molecule has 1 saturated heterocycles. The zero-order valence-electron chi connectivity index (χ0n) is 17.3. The van der Waals surface area contributed by atoms with Crippen molar-refractivity contribution in [2.45, 2.75) is 45.1 Å². The molecule has 1 aliphatic heterocycles. The molecule has 0 atom stereocenters. The fourth-order valence-electron chi connectivity index (χ4n) is 3.40. The van der Waals surface area contributed by atoms with Gasteiger partial charge in [-0.1, -0.05) is 6.92 Å². The molecule has 1 aliphatic rings. The van der Waals surface area contributed by atoms with Gasteiger partial charge in [0.15, 0.2) is 5.13 Å². The Kier molecular flexibility index (Phi) is 6.72. The molecule has 9 heteroatoms. The van der Waals surface area contributed by atoms with Crippen LogP contribution < -0.4 is 10.0 Å². The van der Waals surface area contributed by atoms with Crippen LogP contribution in [0.2, 0.25) is 0 Å². The lowest BCUT2D eigenvalue weighted by atomic mass is 9.99. The molecule has 0 saturated carbocycles. The van der Waals surface area contributed by atoms with Crippen LogP contribution in [0.4, 0.5) is 5.13 Å². The van der Waals surface area contributed by atoms with Crippen molar-refractivity contribution in [3.05, 3.63) is 39.9 Å². The molecule has 1 aromatic heterocycles. The lowest BCUT2D eigenvalue weighted by Crippen LogP contribution is -2.32. The van der Waals surface area contributed by atoms with Crippen molar-refractivity contribution < 1.29 is 13.2 Å². The first-order valence-corrected chi connectivity index (χ1v) is 12.1. The van der Waals surface area contributed by atoms with Gasteiger partial charge in [0, 0.05) is 17.5 Å². The molecule has 2 N–H and O–H groups in total. The van der Waals surface area contributed by atoms with Crippen molar-refractivity contribution in [3.8, 4) is 0 Å². The maximum Gasteiger partial charge on any atom is 0.257 e. The van der Waals surface area contributed by atoms with Gasteiger partial charge in [-0.2, -0.15) is 0 Å². The second-order valence-electron chi connectivity index (χ2n) is 7.68. The number of aryl methyl sites for hydroxylation is 1. The minimum absolute atomic E-state index is 0.115. The summed E-state index contributed by atoms with van der Waals surface area (Å²) in [5.41, 5.74) is 2.61. The number of likely N-dealkylation sites (tertiary alicyclic amines) is 1. The molecular formula is C20H28N4O3S2. The van der Waals surface area contributed by atoms with Crippen LogP contribution in [-0.4, -0.2) is 44.3 Å². The molecule has 2 aromatic rings. The number of carbonyl (C=O) groups is 1. The van der Waals surface area contributed by atoms with E-state index in [4.69, 9.17) is 0 Å². The van der Waals surface area contributed by atoms with Crippen molar-refractivity contribution in [3.63, 3.8) is 0 Å². The van der Waals surface area contributed by atoms with E-state index in [1.54, 1.807) is 19.9 Å². The third-order valence-electron chi connectivity index (χ3n) is 5.47. The number of carbonyl (C=O) groups excluding carboxylic acids is 1. The number of aromatic nitrogens is 1. The molecule has 158 valence electrons. The van der Waals surface area contributed by atoms with Gasteiger partial charge in [0.2, 0.25) is 10.0 Å². The quantitative estimate of drug-likeness (QED) is 0.726. The standard InChI is InChI=1S/C20H28N4O3S2/c1-13-5-7-24(8-6-13)11-17-12-28-20(22-17)23-19(25)16-9-14(2)15(3)18(10-16)29(26,27)21-4/h9-10,12-13,21H,5-8,11H2,1-4H3,(H,22,23,25). The molecule has 0 radical (unpaired) electrons. The van der Waals surface area contributed by atoms with Crippen LogP contribution in [-0.2, 0) is 16.6 Å². The summed E-state index contributed by atoms with van der Waals surface area (Å²) in [5.74, 6) is 0.416. The van der Waals surface area contributed by atoms with Crippen molar-refractivity contribution in [1.82, 2.24) is 14.6 Å². The number of sulfonamides is 1. The monoisotopic (exact) mass is 436 g/mol. The minimum Gasteiger partial charge on any atom is -0.298 e. The Balaban J connectivity index is 1.72. The Morgan fingerprint density at radius 2 is 1.97 bits per heavy atom. The Labute approximate surface area is 176 Å². The Bertz CT molecular complexity index is 993. The van der Waals surface area contributed by atoms with Crippen molar-refractivity contribution >= 4 is 32.4 Å². The van der Waals surface area contributed by atoms with E-state index in [0.29, 0.717) is 16.3 Å². The number of hydrogen-bond acceptors (Lipinski definition) is 6. The largest absolute Gasteiger partial charge is 0.298 e. The maximum absolute atomic E-state index is 12.7. The SMILES string of the molecule is CNS(=O)(=O)c1cc(C(=O)Nc2nc(CN3CCC(C)CC3)cs2)cc(C)c1C. The van der Waals surface area contributed by atoms with E-state index >= 15 is 0 Å². The predicted octanol–water partition coefficient (Wildman–Crippen LogP) is 3.15. The highest BCUT2D eigenvalue weighted by Crippen LogP contribution is 2.24. The molecule has 0 aliphatic carbocycles.